The van der Waals surface area contributed by atoms with Crippen molar-refractivity contribution in [2.45, 2.75) is 13.5 Å². The first-order chi connectivity index (χ1) is 6.72. The lowest BCUT2D eigenvalue weighted by molar-refractivity contribution is 0.788. The number of fused-ring (bicyclic) bond motifs is 1. The minimum absolute atomic E-state index is 0.739. The summed E-state index contributed by atoms with van der Waals surface area (Å²) in [7, 11) is 1.90. The fourth-order valence-electron chi connectivity index (χ4n) is 1.32. The van der Waals surface area contributed by atoms with E-state index in [1.807, 2.05) is 30.6 Å². The Labute approximate surface area is 90.5 Å². The van der Waals surface area contributed by atoms with Crippen LogP contribution in [0.4, 0.5) is 0 Å². The van der Waals surface area contributed by atoms with Gasteiger partial charge in [0.2, 0.25) is 0 Å². The molecule has 0 unspecified atom stereocenters. The van der Waals surface area contributed by atoms with Crippen molar-refractivity contribution >= 4 is 21.6 Å². The Hall–Kier alpha value is -0.940. The SMILES string of the molecule is CNCc1nc2ccc(C)nn2c1Br. The zero-order valence-corrected chi connectivity index (χ0v) is 9.67. The molecule has 0 saturated carbocycles. The van der Waals surface area contributed by atoms with Gasteiger partial charge < -0.3 is 5.32 Å². The Kier molecular flexibility index (Phi) is 2.52. The maximum absolute atomic E-state index is 4.43. The number of nitrogens with zero attached hydrogens (tertiary/aromatic N) is 3. The lowest BCUT2D eigenvalue weighted by atomic mass is 10.4. The van der Waals surface area contributed by atoms with Crippen LogP contribution in [0.3, 0.4) is 0 Å². The van der Waals surface area contributed by atoms with Gasteiger partial charge in [0.25, 0.3) is 0 Å². The van der Waals surface area contributed by atoms with Crippen molar-refractivity contribution in [3.05, 3.63) is 28.1 Å². The highest BCUT2D eigenvalue weighted by Crippen LogP contribution is 2.17. The molecule has 4 nitrogen and oxygen atoms in total. The number of rotatable bonds is 2. The third kappa shape index (κ3) is 1.53. The van der Waals surface area contributed by atoms with Gasteiger partial charge in [-0.15, -0.1) is 0 Å². The van der Waals surface area contributed by atoms with E-state index in [1.165, 1.54) is 0 Å². The summed E-state index contributed by atoms with van der Waals surface area (Å²) in [4.78, 5) is 4.43. The van der Waals surface area contributed by atoms with Gasteiger partial charge in [0.05, 0.1) is 11.4 Å². The van der Waals surface area contributed by atoms with Crippen LogP contribution in [0.25, 0.3) is 5.65 Å². The number of imidazole rings is 1. The first kappa shape index (κ1) is 9.61. The Morgan fingerprint density at radius 2 is 2.29 bits per heavy atom. The second-order valence-corrected chi connectivity index (χ2v) is 3.88. The molecule has 0 radical (unpaired) electrons. The molecule has 2 rings (SSSR count). The molecule has 0 fully saturated rings. The maximum atomic E-state index is 4.43. The Bertz CT molecular complexity index is 463. The van der Waals surface area contributed by atoms with Crippen LogP contribution in [-0.2, 0) is 6.54 Å². The van der Waals surface area contributed by atoms with Crippen LogP contribution in [-0.4, -0.2) is 21.6 Å². The molecule has 0 aliphatic carbocycles. The third-order valence-corrected chi connectivity index (χ3v) is 2.76. The summed E-state index contributed by atoms with van der Waals surface area (Å²) in [6.07, 6.45) is 0. The van der Waals surface area contributed by atoms with Crippen LogP contribution in [0.15, 0.2) is 16.7 Å². The molecule has 0 aliphatic heterocycles. The Morgan fingerprint density at radius 1 is 1.50 bits per heavy atom. The molecule has 0 saturated heterocycles. The summed E-state index contributed by atoms with van der Waals surface area (Å²) in [6, 6.07) is 3.92. The molecule has 0 amide bonds. The van der Waals surface area contributed by atoms with Crippen molar-refractivity contribution in [1.82, 2.24) is 19.9 Å². The highest BCUT2D eigenvalue weighted by molar-refractivity contribution is 9.10. The standard InChI is InChI=1S/C9H11BrN4/c1-6-3-4-8-12-7(5-11-2)9(10)14(8)13-6/h3-4,11H,5H2,1-2H3. The molecular formula is C9H11BrN4. The van der Waals surface area contributed by atoms with E-state index in [-0.39, 0.29) is 0 Å². The van der Waals surface area contributed by atoms with E-state index in [0.717, 1.165) is 28.2 Å². The first-order valence-corrected chi connectivity index (χ1v) is 5.17. The van der Waals surface area contributed by atoms with Crippen molar-refractivity contribution in [2.24, 2.45) is 0 Å². The molecule has 2 heterocycles. The summed E-state index contributed by atoms with van der Waals surface area (Å²) >= 11 is 3.48. The van der Waals surface area contributed by atoms with E-state index in [1.54, 1.807) is 0 Å². The van der Waals surface area contributed by atoms with Crippen LogP contribution in [0.5, 0.6) is 0 Å². The Morgan fingerprint density at radius 3 is 3.00 bits per heavy atom. The predicted molar refractivity (Wildman–Crippen MR) is 58.2 cm³/mol. The summed E-state index contributed by atoms with van der Waals surface area (Å²) in [5.41, 5.74) is 2.82. The minimum atomic E-state index is 0.739. The second kappa shape index (κ2) is 3.67. The third-order valence-electron chi connectivity index (χ3n) is 1.97. The van der Waals surface area contributed by atoms with Gasteiger partial charge in [-0.2, -0.15) is 5.10 Å². The van der Waals surface area contributed by atoms with Crippen molar-refractivity contribution < 1.29 is 0 Å². The van der Waals surface area contributed by atoms with E-state index < -0.39 is 0 Å². The number of hydrogen-bond acceptors (Lipinski definition) is 3. The fraction of sp³-hybridized carbons (Fsp3) is 0.333. The zero-order valence-electron chi connectivity index (χ0n) is 8.08. The summed E-state index contributed by atoms with van der Waals surface area (Å²) in [6.45, 7) is 2.70. The van der Waals surface area contributed by atoms with Gasteiger partial charge in [-0.3, -0.25) is 0 Å². The molecule has 2 aromatic rings. The second-order valence-electron chi connectivity index (χ2n) is 3.12. The lowest BCUT2D eigenvalue weighted by Gasteiger charge is -1.96. The first-order valence-electron chi connectivity index (χ1n) is 4.37. The summed E-state index contributed by atoms with van der Waals surface area (Å²) < 4.78 is 2.73. The molecule has 1 N–H and O–H groups in total. The van der Waals surface area contributed by atoms with Gasteiger partial charge in [0.1, 0.15) is 4.60 Å². The van der Waals surface area contributed by atoms with E-state index in [2.05, 4.69) is 31.3 Å². The molecule has 0 spiro atoms. The van der Waals surface area contributed by atoms with E-state index in [0.29, 0.717) is 0 Å². The smallest absolute Gasteiger partial charge is 0.155 e. The van der Waals surface area contributed by atoms with Gasteiger partial charge in [0, 0.05) is 6.54 Å². The van der Waals surface area contributed by atoms with Crippen LogP contribution >= 0.6 is 15.9 Å². The van der Waals surface area contributed by atoms with Crippen molar-refractivity contribution in [3.63, 3.8) is 0 Å². The lowest BCUT2D eigenvalue weighted by Crippen LogP contribution is -2.05. The summed E-state index contributed by atoms with van der Waals surface area (Å²) in [5.74, 6) is 0. The van der Waals surface area contributed by atoms with Gasteiger partial charge >= 0.3 is 0 Å². The molecule has 0 aliphatic rings. The average Bonchev–Trinajstić information content (AvgIpc) is 2.46. The molecular weight excluding hydrogens is 244 g/mol. The van der Waals surface area contributed by atoms with Gasteiger partial charge in [-0.1, -0.05) is 0 Å². The maximum Gasteiger partial charge on any atom is 0.155 e. The average molecular weight is 255 g/mol. The van der Waals surface area contributed by atoms with Crippen molar-refractivity contribution in [2.75, 3.05) is 7.05 Å². The monoisotopic (exact) mass is 254 g/mol. The predicted octanol–water partition coefficient (Wildman–Crippen LogP) is 1.52. The molecule has 2 aromatic heterocycles. The number of halogens is 1. The van der Waals surface area contributed by atoms with Crippen LogP contribution in [0, 0.1) is 6.92 Å². The van der Waals surface area contributed by atoms with Crippen molar-refractivity contribution in [1.29, 1.82) is 0 Å². The van der Waals surface area contributed by atoms with Crippen LogP contribution in [0.2, 0.25) is 0 Å². The highest BCUT2D eigenvalue weighted by atomic mass is 79.9. The number of hydrogen-bond donors (Lipinski definition) is 1. The normalized spacial score (nSPS) is 11.1. The van der Waals surface area contributed by atoms with Gasteiger partial charge in [-0.25, -0.2) is 9.50 Å². The van der Waals surface area contributed by atoms with E-state index in [4.69, 9.17) is 0 Å². The molecule has 5 heteroatoms. The Balaban J connectivity index is 2.62. The highest BCUT2D eigenvalue weighted by Gasteiger charge is 2.09. The quantitative estimate of drug-likeness (QED) is 0.884. The summed E-state index contributed by atoms with van der Waals surface area (Å²) in [5, 5.41) is 7.42. The zero-order chi connectivity index (χ0) is 10.1. The van der Waals surface area contributed by atoms with E-state index >= 15 is 0 Å². The molecule has 74 valence electrons. The molecule has 0 aromatic carbocycles. The fourth-order valence-corrected chi connectivity index (χ4v) is 1.81. The van der Waals surface area contributed by atoms with Gasteiger partial charge in [0.15, 0.2) is 5.65 Å². The topological polar surface area (TPSA) is 42.2 Å². The largest absolute Gasteiger partial charge is 0.314 e. The van der Waals surface area contributed by atoms with Gasteiger partial charge in [-0.05, 0) is 42.0 Å². The molecule has 14 heavy (non-hydrogen) atoms. The number of aromatic nitrogens is 3. The van der Waals surface area contributed by atoms with Crippen LogP contribution < -0.4 is 5.32 Å². The molecule has 0 bridgehead atoms. The minimum Gasteiger partial charge on any atom is -0.314 e. The number of nitrogens with one attached hydrogen (secondary N) is 1. The van der Waals surface area contributed by atoms with E-state index in [9.17, 15) is 0 Å². The van der Waals surface area contributed by atoms with Crippen LogP contribution in [0.1, 0.15) is 11.4 Å². The molecule has 0 atom stereocenters. The van der Waals surface area contributed by atoms with Crippen molar-refractivity contribution in [3.8, 4) is 0 Å². The number of aryl methyl sites for hydroxylation is 1.